The first-order chi connectivity index (χ1) is 26.4. The third-order valence-electron chi connectivity index (χ3n) is 9.65. The molecule has 2 amide bonds. The Balaban J connectivity index is 1.17. The molecule has 1 saturated heterocycles. The molecule has 4 heterocycles. The van der Waals surface area contributed by atoms with Gasteiger partial charge in [-0.25, -0.2) is 9.97 Å². The molecule has 17 heteroatoms. The first kappa shape index (κ1) is 37.5. The third-order valence-corrected chi connectivity index (χ3v) is 9.97. The number of hydrogen-bond acceptors (Lipinski definition) is 9. The van der Waals surface area contributed by atoms with Gasteiger partial charge in [-0.15, -0.1) is 5.10 Å². The number of fused-ring (bicyclic) bond motifs is 1. The second kappa shape index (κ2) is 15.5. The molecule has 0 bridgehead atoms. The zero-order valence-electron chi connectivity index (χ0n) is 30.1. The van der Waals surface area contributed by atoms with Crippen molar-refractivity contribution in [3.8, 4) is 5.75 Å². The highest BCUT2D eigenvalue weighted by molar-refractivity contribution is 6.33. The van der Waals surface area contributed by atoms with Gasteiger partial charge in [-0.2, -0.15) is 22.7 Å². The normalized spacial score (nSPS) is 14.7. The van der Waals surface area contributed by atoms with E-state index in [1.165, 1.54) is 10.8 Å². The maximum atomic E-state index is 14.3. The minimum Gasteiger partial charge on any atom is -0.485 e. The topological polar surface area (TPSA) is 140 Å². The minimum atomic E-state index is -4.60. The molecule has 3 aromatic heterocycles. The lowest BCUT2D eigenvalue weighted by Crippen LogP contribution is -2.51. The van der Waals surface area contributed by atoms with Crippen molar-refractivity contribution >= 4 is 46.1 Å². The lowest BCUT2D eigenvalue weighted by atomic mass is 10.2. The van der Waals surface area contributed by atoms with Crippen LogP contribution in [0.25, 0.3) is 11.4 Å². The highest BCUT2D eigenvalue weighted by Gasteiger charge is 2.33. The Labute approximate surface area is 318 Å². The second-order valence-corrected chi connectivity index (χ2v) is 13.6. The average Bonchev–Trinajstić information content (AvgIpc) is 3.88. The number of aromatic nitrogens is 6. The van der Waals surface area contributed by atoms with E-state index in [0.717, 1.165) is 48.6 Å². The number of halogens is 4. The van der Waals surface area contributed by atoms with Crippen LogP contribution in [0, 0.1) is 6.92 Å². The number of carbonyl (C=O) groups is 2. The van der Waals surface area contributed by atoms with Crippen molar-refractivity contribution in [2.75, 3.05) is 36.4 Å². The summed E-state index contributed by atoms with van der Waals surface area (Å²) in [5.74, 6) is -0.0947. The van der Waals surface area contributed by atoms with E-state index in [1.807, 2.05) is 48.2 Å². The number of carbonyl (C=O) groups excluding carboxylic acids is 2. The molecule has 1 aliphatic carbocycles. The minimum absolute atomic E-state index is 0.00145. The number of ether oxygens (including phenoxy) is 1. The largest absolute Gasteiger partial charge is 0.485 e. The van der Waals surface area contributed by atoms with E-state index < -0.39 is 23.2 Å². The standard InChI is InChI=1S/C38H37ClF3N9O4/c1-3-29-32(48-15-17-49(18-16-48)35(53)31-33(23(2)43-22-44-31)55-21-24-9-5-4-6-10-24)36(54)51-37(46-34(47-51)25-11-7-8-12-25)50(29)20-30(52)45-28-14-13-26(19-27(28)39)38(40,41)42/h4-6,9-11,13-14,19,22H,3,7-8,12,15-18,20-21H2,1-2H3,(H,45,52). The summed E-state index contributed by atoms with van der Waals surface area (Å²) in [4.78, 5) is 58.5. The molecule has 2 aliphatic rings. The van der Waals surface area contributed by atoms with E-state index in [2.05, 4.69) is 20.4 Å². The number of aryl methyl sites for hydroxylation is 1. The van der Waals surface area contributed by atoms with Gasteiger partial charge < -0.3 is 24.4 Å². The molecule has 0 unspecified atom stereocenters. The summed E-state index contributed by atoms with van der Waals surface area (Å²) in [5.41, 5.74) is 1.94. The van der Waals surface area contributed by atoms with Gasteiger partial charge in [0.15, 0.2) is 17.3 Å². The predicted octanol–water partition coefficient (Wildman–Crippen LogP) is 5.97. The molecule has 13 nitrogen and oxygen atoms in total. The number of allylic oxidation sites excluding steroid dienone is 2. The Kier molecular flexibility index (Phi) is 10.6. The van der Waals surface area contributed by atoms with Gasteiger partial charge in [0.1, 0.15) is 25.2 Å². The zero-order chi connectivity index (χ0) is 38.9. The van der Waals surface area contributed by atoms with E-state index in [-0.39, 0.29) is 67.4 Å². The first-order valence-electron chi connectivity index (χ1n) is 17.8. The Hall–Kier alpha value is -5.77. The van der Waals surface area contributed by atoms with Gasteiger partial charge in [0.25, 0.3) is 11.5 Å². The van der Waals surface area contributed by atoms with Gasteiger partial charge in [0.05, 0.1) is 27.7 Å². The van der Waals surface area contributed by atoms with Crippen LogP contribution < -0.4 is 20.5 Å². The monoisotopic (exact) mass is 775 g/mol. The molecule has 0 atom stereocenters. The molecule has 0 spiro atoms. The van der Waals surface area contributed by atoms with Gasteiger partial charge in [0.2, 0.25) is 11.7 Å². The van der Waals surface area contributed by atoms with E-state index in [0.29, 0.717) is 35.1 Å². The van der Waals surface area contributed by atoms with E-state index >= 15 is 0 Å². The fourth-order valence-corrected chi connectivity index (χ4v) is 7.09. The maximum absolute atomic E-state index is 14.3. The molecule has 7 rings (SSSR count). The molecular weight excluding hydrogens is 739 g/mol. The molecule has 286 valence electrons. The van der Waals surface area contributed by atoms with Gasteiger partial charge >= 0.3 is 6.18 Å². The van der Waals surface area contributed by atoms with Gasteiger partial charge in [-0.1, -0.05) is 54.9 Å². The van der Waals surface area contributed by atoms with Crippen molar-refractivity contribution < 1.29 is 27.5 Å². The Bertz CT molecular complexity index is 2350. The van der Waals surface area contributed by atoms with Gasteiger partial charge in [-0.3, -0.25) is 14.4 Å². The summed E-state index contributed by atoms with van der Waals surface area (Å²) in [6.45, 7) is 4.56. The third kappa shape index (κ3) is 7.76. The summed E-state index contributed by atoms with van der Waals surface area (Å²) >= 11 is 6.15. The highest BCUT2D eigenvalue weighted by Crippen LogP contribution is 2.34. The van der Waals surface area contributed by atoms with Crippen LogP contribution >= 0.6 is 11.6 Å². The second-order valence-electron chi connectivity index (χ2n) is 13.2. The predicted molar refractivity (Wildman–Crippen MR) is 199 cm³/mol. The number of rotatable bonds is 10. The Morgan fingerprint density at radius 2 is 1.80 bits per heavy atom. The van der Waals surface area contributed by atoms with E-state index in [4.69, 9.17) is 21.3 Å². The molecule has 0 radical (unpaired) electrons. The Morgan fingerprint density at radius 3 is 2.47 bits per heavy atom. The van der Waals surface area contributed by atoms with Crippen LogP contribution in [0.3, 0.4) is 0 Å². The average molecular weight is 776 g/mol. The summed E-state index contributed by atoms with van der Waals surface area (Å²) in [5, 5.41) is 6.92. The van der Waals surface area contributed by atoms with Crippen LogP contribution in [-0.4, -0.2) is 72.0 Å². The number of hydrogen-bond donors (Lipinski definition) is 1. The lowest BCUT2D eigenvalue weighted by Gasteiger charge is -2.36. The molecule has 0 saturated carbocycles. The van der Waals surface area contributed by atoms with Crippen LogP contribution in [0.5, 0.6) is 5.75 Å². The number of amides is 2. The van der Waals surface area contributed by atoms with Crippen molar-refractivity contribution in [2.24, 2.45) is 0 Å². The fourth-order valence-electron chi connectivity index (χ4n) is 6.87. The SMILES string of the molecule is CCc1c(N2CCN(C(=O)c3ncnc(C)c3OCc3ccccc3)CC2)c(=O)n2nc(C3=CCCC3)nc2n1CC(=O)Nc1ccc(C(F)(F)F)cc1Cl. The number of alkyl halides is 3. The fraction of sp³-hybridized carbons (Fsp3) is 0.342. The van der Waals surface area contributed by atoms with E-state index in [9.17, 15) is 27.6 Å². The first-order valence-corrected chi connectivity index (χ1v) is 18.2. The van der Waals surface area contributed by atoms with Crippen LogP contribution in [0.15, 0.2) is 65.7 Å². The molecule has 1 N–H and O–H groups in total. The van der Waals surface area contributed by atoms with Crippen molar-refractivity contribution in [1.82, 2.24) is 34.0 Å². The highest BCUT2D eigenvalue weighted by atomic mass is 35.5. The van der Waals surface area contributed by atoms with Gasteiger partial charge in [-0.05, 0) is 61.9 Å². The van der Waals surface area contributed by atoms with E-state index in [1.54, 1.807) is 16.4 Å². The summed E-state index contributed by atoms with van der Waals surface area (Å²) in [6.07, 6.45) is 1.60. The molecule has 2 aromatic carbocycles. The molecule has 1 aliphatic heterocycles. The number of nitrogens with one attached hydrogen (secondary N) is 1. The lowest BCUT2D eigenvalue weighted by molar-refractivity contribution is -0.137. The van der Waals surface area contributed by atoms with Crippen LogP contribution in [0.4, 0.5) is 24.5 Å². The van der Waals surface area contributed by atoms with Crippen LogP contribution in [0.1, 0.15) is 65.0 Å². The molecule has 1 fully saturated rings. The molecule has 5 aromatic rings. The van der Waals surface area contributed by atoms with Crippen molar-refractivity contribution in [3.63, 3.8) is 0 Å². The van der Waals surface area contributed by atoms with Crippen LogP contribution in [-0.2, 0) is 30.5 Å². The molecule has 55 heavy (non-hydrogen) atoms. The van der Waals surface area contributed by atoms with Crippen molar-refractivity contribution in [3.05, 3.63) is 110 Å². The number of anilines is 2. The smallest absolute Gasteiger partial charge is 0.416 e. The van der Waals surface area contributed by atoms with Crippen molar-refractivity contribution in [2.45, 2.75) is 58.9 Å². The quantitative estimate of drug-likeness (QED) is 0.182. The number of benzene rings is 2. The Morgan fingerprint density at radius 1 is 1.04 bits per heavy atom. The van der Waals surface area contributed by atoms with Crippen molar-refractivity contribution in [1.29, 1.82) is 0 Å². The number of nitrogens with zero attached hydrogens (tertiary/aromatic N) is 8. The summed E-state index contributed by atoms with van der Waals surface area (Å²) in [6, 6.07) is 12.2. The number of piperazine rings is 1. The molecular formula is C38H37ClF3N9O4. The summed E-state index contributed by atoms with van der Waals surface area (Å²) < 4.78 is 48.6. The zero-order valence-corrected chi connectivity index (χ0v) is 30.8. The summed E-state index contributed by atoms with van der Waals surface area (Å²) in [7, 11) is 0. The van der Waals surface area contributed by atoms with Gasteiger partial charge in [0, 0.05) is 26.2 Å². The maximum Gasteiger partial charge on any atom is 0.416 e. The van der Waals surface area contributed by atoms with Crippen LogP contribution in [0.2, 0.25) is 5.02 Å².